The molecule has 1 amide bonds. The van der Waals surface area contributed by atoms with Crippen LogP contribution in [-0.2, 0) is 11.2 Å². The average molecular weight is 263 g/mol. The van der Waals surface area contributed by atoms with Gasteiger partial charge in [-0.3, -0.25) is 4.79 Å². The summed E-state index contributed by atoms with van der Waals surface area (Å²) in [4.78, 5) is 11.5. The molecule has 0 bridgehead atoms. The highest BCUT2D eigenvalue weighted by Crippen LogP contribution is 2.18. The maximum atomic E-state index is 11.5. The van der Waals surface area contributed by atoms with E-state index in [4.69, 9.17) is 0 Å². The van der Waals surface area contributed by atoms with Crippen LogP contribution >= 0.6 is 0 Å². The fraction of sp³-hybridized carbons (Fsp3) is 0.562. The summed E-state index contributed by atoms with van der Waals surface area (Å²) >= 11 is 0. The summed E-state index contributed by atoms with van der Waals surface area (Å²) in [6.07, 6.45) is 1.92. The summed E-state index contributed by atoms with van der Waals surface area (Å²) in [6.45, 7) is 7.93. The number of rotatable bonds is 6. The van der Waals surface area contributed by atoms with Crippen molar-refractivity contribution in [3.8, 4) is 0 Å². The van der Waals surface area contributed by atoms with Gasteiger partial charge in [0.15, 0.2) is 0 Å². The van der Waals surface area contributed by atoms with Gasteiger partial charge in [0.2, 0.25) is 0 Å². The number of hydrogen-bond acceptors (Lipinski definition) is 2. The lowest BCUT2D eigenvalue weighted by Crippen LogP contribution is -2.42. The van der Waals surface area contributed by atoms with Crippen LogP contribution in [0, 0.1) is 0 Å². The molecular formula is C16H25NO2. The lowest BCUT2D eigenvalue weighted by Gasteiger charge is -2.16. The smallest absolute Gasteiger partial charge is 0.251 e. The van der Waals surface area contributed by atoms with Crippen molar-refractivity contribution in [1.29, 1.82) is 0 Å². The Kier molecular flexibility index (Phi) is 5.55. The van der Waals surface area contributed by atoms with Gasteiger partial charge < -0.3 is 10.4 Å². The Labute approximate surface area is 116 Å². The molecule has 1 aromatic rings. The summed E-state index contributed by atoms with van der Waals surface area (Å²) in [7, 11) is 0. The van der Waals surface area contributed by atoms with Gasteiger partial charge in [0.05, 0.1) is 0 Å². The molecule has 0 radical (unpaired) electrons. The first-order valence-corrected chi connectivity index (χ1v) is 6.94. The monoisotopic (exact) mass is 263 g/mol. The van der Waals surface area contributed by atoms with Crippen LogP contribution in [0.25, 0.3) is 0 Å². The number of carbonyl (C=O) groups is 1. The Morgan fingerprint density at radius 2 is 1.89 bits per heavy atom. The zero-order valence-electron chi connectivity index (χ0n) is 12.4. The highest BCUT2D eigenvalue weighted by molar-refractivity contribution is 5.83. The Balaban J connectivity index is 2.45. The zero-order valence-corrected chi connectivity index (χ0v) is 12.4. The van der Waals surface area contributed by atoms with E-state index in [-0.39, 0.29) is 5.91 Å². The van der Waals surface area contributed by atoms with Gasteiger partial charge >= 0.3 is 0 Å². The van der Waals surface area contributed by atoms with E-state index < -0.39 is 5.60 Å². The standard InChI is InChI=1S/C16H25NO2/c1-5-12(2)14-8-6-13(7-9-14)10-11-17-15(18)16(3,4)19/h6-9,12,19H,5,10-11H2,1-4H3,(H,17,18). The first-order chi connectivity index (χ1) is 8.84. The number of nitrogens with one attached hydrogen (secondary N) is 1. The molecule has 1 rings (SSSR count). The van der Waals surface area contributed by atoms with Crippen LogP contribution in [0.1, 0.15) is 51.2 Å². The topological polar surface area (TPSA) is 49.3 Å². The first-order valence-electron chi connectivity index (χ1n) is 6.94. The molecule has 3 nitrogen and oxygen atoms in total. The molecule has 0 saturated heterocycles. The van der Waals surface area contributed by atoms with Crippen LogP contribution in [0.3, 0.4) is 0 Å². The van der Waals surface area contributed by atoms with E-state index in [1.54, 1.807) is 0 Å². The summed E-state index contributed by atoms with van der Waals surface area (Å²) in [5.41, 5.74) is 1.25. The van der Waals surface area contributed by atoms with E-state index in [0.717, 1.165) is 12.8 Å². The molecule has 0 aliphatic heterocycles. The number of carbonyl (C=O) groups excluding carboxylic acids is 1. The molecule has 0 saturated carbocycles. The molecule has 19 heavy (non-hydrogen) atoms. The fourth-order valence-corrected chi connectivity index (χ4v) is 1.79. The van der Waals surface area contributed by atoms with Crippen LogP contribution in [0.4, 0.5) is 0 Å². The van der Waals surface area contributed by atoms with Crippen LogP contribution in [0.15, 0.2) is 24.3 Å². The lowest BCUT2D eigenvalue weighted by molar-refractivity contribution is -0.136. The summed E-state index contributed by atoms with van der Waals surface area (Å²) in [5.74, 6) is 0.257. The highest BCUT2D eigenvalue weighted by atomic mass is 16.3. The minimum atomic E-state index is -1.31. The maximum Gasteiger partial charge on any atom is 0.251 e. The number of aliphatic hydroxyl groups is 1. The van der Waals surface area contributed by atoms with Gasteiger partial charge in [-0.25, -0.2) is 0 Å². The molecule has 2 N–H and O–H groups in total. The van der Waals surface area contributed by atoms with E-state index in [9.17, 15) is 9.90 Å². The third kappa shape index (κ3) is 5.03. The van der Waals surface area contributed by atoms with Gasteiger partial charge in [0, 0.05) is 6.54 Å². The molecule has 0 heterocycles. The Hall–Kier alpha value is -1.35. The fourth-order valence-electron chi connectivity index (χ4n) is 1.79. The third-order valence-electron chi connectivity index (χ3n) is 3.42. The van der Waals surface area contributed by atoms with Crippen molar-refractivity contribution in [2.24, 2.45) is 0 Å². The third-order valence-corrected chi connectivity index (χ3v) is 3.42. The number of amides is 1. The number of benzene rings is 1. The van der Waals surface area contributed by atoms with Crippen molar-refractivity contribution in [1.82, 2.24) is 5.32 Å². The van der Waals surface area contributed by atoms with E-state index in [0.29, 0.717) is 12.5 Å². The predicted octanol–water partition coefficient (Wildman–Crippen LogP) is 2.63. The molecule has 0 aromatic heterocycles. The van der Waals surface area contributed by atoms with Crippen LogP contribution in [0.2, 0.25) is 0 Å². The largest absolute Gasteiger partial charge is 0.381 e. The van der Waals surface area contributed by atoms with E-state index in [1.165, 1.54) is 25.0 Å². The minimum Gasteiger partial charge on any atom is -0.381 e. The van der Waals surface area contributed by atoms with Crippen molar-refractivity contribution in [3.05, 3.63) is 35.4 Å². The summed E-state index contributed by atoms with van der Waals surface area (Å²) < 4.78 is 0. The highest BCUT2D eigenvalue weighted by Gasteiger charge is 2.22. The van der Waals surface area contributed by atoms with Gasteiger partial charge in [-0.1, -0.05) is 38.1 Å². The van der Waals surface area contributed by atoms with Crippen molar-refractivity contribution in [2.75, 3.05) is 6.54 Å². The van der Waals surface area contributed by atoms with Crippen molar-refractivity contribution >= 4 is 5.91 Å². The molecular weight excluding hydrogens is 238 g/mol. The zero-order chi connectivity index (χ0) is 14.5. The maximum absolute atomic E-state index is 11.5. The predicted molar refractivity (Wildman–Crippen MR) is 78.2 cm³/mol. The number of hydrogen-bond donors (Lipinski definition) is 2. The van der Waals surface area contributed by atoms with Gasteiger partial charge in [0.1, 0.15) is 5.60 Å². The van der Waals surface area contributed by atoms with Crippen LogP contribution in [0.5, 0.6) is 0 Å². The molecule has 0 spiro atoms. The Morgan fingerprint density at radius 3 is 2.37 bits per heavy atom. The first kappa shape index (κ1) is 15.7. The molecule has 1 atom stereocenters. The summed E-state index contributed by atoms with van der Waals surface area (Å²) in [6, 6.07) is 8.53. The SMILES string of the molecule is CCC(C)c1ccc(CCNC(=O)C(C)(C)O)cc1. The van der Waals surface area contributed by atoms with Crippen molar-refractivity contribution in [3.63, 3.8) is 0 Å². The van der Waals surface area contributed by atoms with Gasteiger partial charge in [-0.2, -0.15) is 0 Å². The van der Waals surface area contributed by atoms with Gasteiger partial charge in [-0.15, -0.1) is 0 Å². The molecule has 0 aliphatic carbocycles. The summed E-state index contributed by atoms with van der Waals surface area (Å²) in [5, 5.41) is 12.2. The molecule has 106 valence electrons. The second-order valence-corrected chi connectivity index (χ2v) is 5.62. The quantitative estimate of drug-likeness (QED) is 0.829. The second-order valence-electron chi connectivity index (χ2n) is 5.62. The van der Waals surface area contributed by atoms with E-state index in [2.05, 4.69) is 43.4 Å². The van der Waals surface area contributed by atoms with E-state index >= 15 is 0 Å². The van der Waals surface area contributed by atoms with Gasteiger partial charge in [0.25, 0.3) is 5.91 Å². The van der Waals surface area contributed by atoms with Gasteiger partial charge in [-0.05, 0) is 43.7 Å². The van der Waals surface area contributed by atoms with Crippen molar-refractivity contribution in [2.45, 2.75) is 52.1 Å². The van der Waals surface area contributed by atoms with E-state index in [1.807, 2.05) is 0 Å². The molecule has 1 aromatic carbocycles. The second kappa shape index (κ2) is 6.71. The minimum absolute atomic E-state index is 0.330. The molecule has 1 unspecified atom stereocenters. The normalized spacial score (nSPS) is 13.1. The molecule has 0 fully saturated rings. The average Bonchev–Trinajstić information content (AvgIpc) is 2.37. The van der Waals surface area contributed by atoms with Crippen LogP contribution in [-0.4, -0.2) is 23.2 Å². The lowest BCUT2D eigenvalue weighted by atomic mass is 9.97. The molecule has 0 aliphatic rings. The Bertz CT molecular complexity index is 404. The molecule has 3 heteroatoms. The Morgan fingerprint density at radius 1 is 1.32 bits per heavy atom. The van der Waals surface area contributed by atoms with Crippen LogP contribution < -0.4 is 5.32 Å². The van der Waals surface area contributed by atoms with Crippen molar-refractivity contribution < 1.29 is 9.90 Å².